The van der Waals surface area contributed by atoms with Crippen molar-refractivity contribution in [1.82, 2.24) is 25.2 Å². The van der Waals surface area contributed by atoms with Gasteiger partial charge in [-0.05, 0) is 65.9 Å². The minimum Gasteiger partial charge on any atom is -0.383 e. The minimum atomic E-state index is -0.425. The first-order valence-corrected chi connectivity index (χ1v) is 11.3. The van der Waals surface area contributed by atoms with Gasteiger partial charge in [-0.25, -0.2) is 4.68 Å². The quantitative estimate of drug-likeness (QED) is 0.491. The number of hydrogen-bond donors (Lipinski definition) is 1. The third kappa shape index (κ3) is 3.80. The van der Waals surface area contributed by atoms with Gasteiger partial charge in [-0.2, -0.15) is 0 Å². The largest absolute Gasteiger partial charge is 0.383 e. The number of rotatable bonds is 6. The van der Waals surface area contributed by atoms with Gasteiger partial charge in [-0.1, -0.05) is 30.3 Å². The van der Waals surface area contributed by atoms with Crippen molar-refractivity contribution < 1.29 is 4.74 Å². The number of aryl methyl sites for hydroxylation is 3. The second kappa shape index (κ2) is 8.78. The Labute approximate surface area is 192 Å². The van der Waals surface area contributed by atoms with Crippen LogP contribution in [0, 0.1) is 13.8 Å². The van der Waals surface area contributed by atoms with E-state index in [0.717, 1.165) is 47.1 Å². The maximum atomic E-state index is 13.5. The molecular weight excluding hydrogens is 416 g/mol. The fourth-order valence-corrected chi connectivity index (χ4v) is 4.82. The predicted molar refractivity (Wildman–Crippen MR) is 128 cm³/mol. The summed E-state index contributed by atoms with van der Waals surface area (Å²) in [5.74, 6) is 0.638. The number of aromatic amines is 1. The van der Waals surface area contributed by atoms with Crippen LogP contribution in [-0.4, -0.2) is 45.5 Å². The Bertz CT molecular complexity index is 1360. The molecule has 0 radical (unpaired) electrons. The molecule has 33 heavy (non-hydrogen) atoms. The molecule has 0 saturated heterocycles. The Morgan fingerprint density at radius 1 is 1.15 bits per heavy atom. The van der Waals surface area contributed by atoms with Crippen LogP contribution in [0.3, 0.4) is 0 Å². The number of ether oxygens (including phenoxy) is 1. The Morgan fingerprint density at radius 3 is 2.82 bits per heavy atom. The summed E-state index contributed by atoms with van der Waals surface area (Å²) in [7, 11) is 1.65. The first kappa shape index (κ1) is 21.3. The van der Waals surface area contributed by atoms with Crippen LogP contribution < -0.4 is 10.5 Å². The molecule has 1 N–H and O–H groups in total. The number of hydrogen-bond acceptors (Lipinski definition) is 6. The summed E-state index contributed by atoms with van der Waals surface area (Å²) in [5.41, 5.74) is 5.95. The molecule has 8 heteroatoms. The van der Waals surface area contributed by atoms with Crippen LogP contribution in [0.5, 0.6) is 0 Å². The highest BCUT2D eigenvalue weighted by Crippen LogP contribution is 2.37. The highest BCUT2D eigenvalue weighted by atomic mass is 16.5. The second-order valence-corrected chi connectivity index (χ2v) is 8.62. The van der Waals surface area contributed by atoms with Gasteiger partial charge in [0.05, 0.1) is 18.7 Å². The van der Waals surface area contributed by atoms with Gasteiger partial charge in [-0.3, -0.25) is 4.79 Å². The van der Waals surface area contributed by atoms with Crippen LogP contribution in [0.15, 0.2) is 47.3 Å². The summed E-state index contributed by atoms with van der Waals surface area (Å²) in [6, 6.07) is 14.1. The minimum absolute atomic E-state index is 0.120. The zero-order valence-corrected chi connectivity index (χ0v) is 19.2. The Hall–Kier alpha value is -3.52. The van der Waals surface area contributed by atoms with E-state index in [9.17, 15) is 4.79 Å². The maximum Gasteiger partial charge on any atom is 0.254 e. The number of H-pyrrole nitrogens is 1. The third-order valence-electron chi connectivity index (χ3n) is 6.54. The summed E-state index contributed by atoms with van der Waals surface area (Å²) in [6.45, 7) is 5.88. The first-order chi connectivity index (χ1) is 16.1. The van der Waals surface area contributed by atoms with Crippen molar-refractivity contribution in [3.05, 3.63) is 80.9 Å². The Morgan fingerprint density at radius 2 is 1.97 bits per heavy atom. The van der Waals surface area contributed by atoms with Crippen LogP contribution in [0.2, 0.25) is 0 Å². The van der Waals surface area contributed by atoms with Gasteiger partial charge in [0.25, 0.3) is 5.56 Å². The average Bonchev–Trinajstić information content (AvgIpc) is 3.29. The normalized spacial score (nSPS) is 14.5. The third-order valence-corrected chi connectivity index (χ3v) is 6.54. The van der Waals surface area contributed by atoms with Crippen molar-refractivity contribution in [2.75, 3.05) is 25.2 Å². The van der Waals surface area contributed by atoms with E-state index in [0.29, 0.717) is 24.5 Å². The van der Waals surface area contributed by atoms with Gasteiger partial charge in [-0.15, -0.1) is 5.10 Å². The fraction of sp³-hybridized carbons (Fsp3) is 0.360. The molecule has 5 rings (SSSR count). The van der Waals surface area contributed by atoms with Gasteiger partial charge in [0.1, 0.15) is 6.04 Å². The van der Waals surface area contributed by atoms with Crippen LogP contribution in [0.4, 0.5) is 5.69 Å². The van der Waals surface area contributed by atoms with Crippen molar-refractivity contribution in [3.63, 3.8) is 0 Å². The lowest BCUT2D eigenvalue weighted by Crippen LogP contribution is -2.38. The number of anilines is 1. The zero-order chi connectivity index (χ0) is 22.9. The Balaban J connectivity index is 1.74. The maximum absolute atomic E-state index is 13.5. The number of benzene rings is 2. The summed E-state index contributed by atoms with van der Waals surface area (Å²) in [4.78, 5) is 19.0. The molecule has 1 atom stereocenters. The highest BCUT2D eigenvalue weighted by molar-refractivity contribution is 5.85. The number of methoxy groups -OCH3 is 1. The highest BCUT2D eigenvalue weighted by Gasteiger charge is 2.33. The van der Waals surface area contributed by atoms with Crippen molar-refractivity contribution in [1.29, 1.82) is 0 Å². The summed E-state index contributed by atoms with van der Waals surface area (Å²) >= 11 is 0. The van der Waals surface area contributed by atoms with E-state index >= 15 is 0 Å². The zero-order valence-electron chi connectivity index (χ0n) is 19.2. The van der Waals surface area contributed by atoms with E-state index in [1.165, 1.54) is 5.56 Å². The van der Waals surface area contributed by atoms with E-state index < -0.39 is 6.04 Å². The SMILES string of the molecule is COCCn1nnnc1[C@H](c1cc2c(C)ccc(C)c2[nH]c1=O)N1CCCc2ccccc21. The molecule has 3 heterocycles. The van der Waals surface area contributed by atoms with Crippen LogP contribution >= 0.6 is 0 Å². The molecular formula is C25H28N6O2. The van der Waals surface area contributed by atoms with E-state index in [1.54, 1.807) is 11.8 Å². The molecule has 0 aliphatic carbocycles. The molecule has 0 bridgehead atoms. The average molecular weight is 445 g/mol. The van der Waals surface area contributed by atoms with Crippen molar-refractivity contribution >= 4 is 16.6 Å². The lowest BCUT2D eigenvalue weighted by Gasteiger charge is -2.37. The van der Waals surface area contributed by atoms with Crippen LogP contribution in [0.1, 0.15) is 40.5 Å². The second-order valence-electron chi connectivity index (χ2n) is 8.62. The number of aromatic nitrogens is 5. The molecule has 0 unspecified atom stereocenters. The predicted octanol–water partition coefficient (Wildman–Crippen LogP) is 3.32. The smallest absolute Gasteiger partial charge is 0.254 e. The molecule has 1 aliphatic heterocycles. The van der Waals surface area contributed by atoms with Crippen LogP contribution in [-0.2, 0) is 17.7 Å². The molecule has 170 valence electrons. The van der Waals surface area contributed by atoms with Gasteiger partial charge >= 0.3 is 0 Å². The van der Waals surface area contributed by atoms with Crippen molar-refractivity contribution in [2.45, 2.75) is 39.3 Å². The van der Waals surface area contributed by atoms with Gasteiger partial charge < -0.3 is 14.6 Å². The molecule has 0 spiro atoms. The molecule has 0 amide bonds. The monoisotopic (exact) mass is 444 g/mol. The fourth-order valence-electron chi connectivity index (χ4n) is 4.82. The summed E-state index contributed by atoms with van der Waals surface area (Å²) < 4.78 is 7.02. The molecule has 4 aromatic rings. The summed E-state index contributed by atoms with van der Waals surface area (Å²) in [6.07, 6.45) is 2.01. The van der Waals surface area contributed by atoms with Crippen molar-refractivity contribution in [2.24, 2.45) is 0 Å². The lowest BCUT2D eigenvalue weighted by atomic mass is 9.95. The van der Waals surface area contributed by atoms with Crippen LogP contribution in [0.25, 0.3) is 10.9 Å². The molecule has 1 aliphatic rings. The van der Waals surface area contributed by atoms with E-state index in [2.05, 4.69) is 56.6 Å². The lowest BCUT2D eigenvalue weighted by molar-refractivity contribution is 0.181. The van der Waals surface area contributed by atoms with Gasteiger partial charge in [0.15, 0.2) is 5.82 Å². The van der Waals surface area contributed by atoms with Crippen molar-refractivity contribution in [3.8, 4) is 0 Å². The van der Waals surface area contributed by atoms with E-state index in [1.807, 2.05) is 25.1 Å². The molecule has 0 saturated carbocycles. The first-order valence-electron chi connectivity index (χ1n) is 11.3. The Kier molecular flexibility index (Phi) is 5.68. The van der Waals surface area contributed by atoms with Gasteiger partial charge in [0.2, 0.25) is 0 Å². The molecule has 2 aromatic heterocycles. The van der Waals surface area contributed by atoms with E-state index in [4.69, 9.17) is 4.74 Å². The molecule has 2 aromatic carbocycles. The van der Waals surface area contributed by atoms with Gasteiger partial charge in [0, 0.05) is 30.3 Å². The number of nitrogens with zero attached hydrogens (tertiary/aromatic N) is 5. The van der Waals surface area contributed by atoms with E-state index in [-0.39, 0.29) is 5.56 Å². The number of fused-ring (bicyclic) bond motifs is 2. The number of para-hydroxylation sites is 1. The molecule has 0 fully saturated rings. The number of nitrogens with one attached hydrogen (secondary N) is 1. The topological polar surface area (TPSA) is 88.9 Å². The number of tetrazole rings is 1. The number of pyridine rings is 1. The standard InChI is InChI=1S/C25H28N6O2/c1-16-10-11-17(2)22-19(16)15-20(25(32)26-22)23(24-27-28-29-31(24)13-14-33-3)30-12-6-8-18-7-4-5-9-21(18)30/h4-5,7,9-11,15,23H,6,8,12-14H2,1-3H3,(H,26,32)/t23-/m0/s1. The molecule has 8 nitrogen and oxygen atoms in total. The summed E-state index contributed by atoms with van der Waals surface area (Å²) in [5, 5.41) is 13.6.